The Labute approximate surface area is 119 Å². The van der Waals surface area contributed by atoms with Gasteiger partial charge in [0.2, 0.25) is 0 Å². The lowest BCUT2D eigenvalue weighted by Crippen LogP contribution is -2.48. The van der Waals surface area contributed by atoms with Gasteiger partial charge in [-0.3, -0.25) is 4.79 Å². The molecule has 2 aliphatic rings. The van der Waals surface area contributed by atoms with Crippen LogP contribution in [0.5, 0.6) is 0 Å². The molecule has 1 heterocycles. The summed E-state index contributed by atoms with van der Waals surface area (Å²) in [6.45, 7) is 3.12. The second kappa shape index (κ2) is 6.43. The molecule has 1 aliphatic heterocycles. The van der Waals surface area contributed by atoms with Crippen molar-refractivity contribution in [3.05, 3.63) is 0 Å². The minimum Gasteiger partial charge on any atom is -0.481 e. The Morgan fingerprint density at radius 1 is 1.20 bits per heavy atom. The molecule has 3 N–H and O–H groups in total. The number of piperidine rings is 1. The largest absolute Gasteiger partial charge is 0.481 e. The summed E-state index contributed by atoms with van der Waals surface area (Å²) >= 11 is 0. The molecule has 1 saturated carbocycles. The Balaban J connectivity index is 1.75. The molecule has 2 rings (SSSR count). The lowest BCUT2D eigenvalue weighted by Gasteiger charge is -2.34. The van der Waals surface area contributed by atoms with Crippen molar-refractivity contribution >= 4 is 12.0 Å². The molecule has 1 aliphatic carbocycles. The third kappa shape index (κ3) is 3.62. The lowest BCUT2D eigenvalue weighted by atomic mass is 9.92. The molecule has 0 aromatic carbocycles. The molecule has 0 aromatic rings. The Hall–Kier alpha value is -1.30. The van der Waals surface area contributed by atoms with Gasteiger partial charge in [0.05, 0.1) is 12.0 Å². The number of carboxylic acids is 1. The highest BCUT2D eigenvalue weighted by Crippen LogP contribution is 2.26. The van der Waals surface area contributed by atoms with E-state index in [1.807, 2.05) is 0 Å². The summed E-state index contributed by atoms with van der Waals surface area (Å²) in [6, 6.07) is -0.108. The molecule has 0 aromatic heterocycles. The molecule has 20 heavy (non-hydrogen) atoms. The van der Waals surface area contributed by atoms with Crippen LogP contribution >= 0.6 is 0 Å². The normalized spacial score (nSPS) is 29.2. The average Bonchev–Trinajstić information content (AvgIpc) is 2.87. The third-order valence-electron chi connectivity index (χ3n) is 4.62. The first-order valence-electron chi connectivity index (χ1n) is 7.43. The zero-order chi connectivity index (χ0) is 14.7. The number of hydrogen-bond acceptors (Lipinski definition) is 3. The monoisotopic (exact) mass is 284 g/mol. The second-order valence-electron chi connectivity index (χ2n) is 6.06. The van der Waals surface area contributed by atoms with Crippen molar-refractivity contribution in [2.24, 2.45) is 11.8 Å². The van der Waals surface area contributed by atoms with E-state index in [1.54, 1.807) is 11.8 Å². The van der Waals surface area contributed by atoms with Gasteiger partial charge in [0.15, 0.2) is 0 Å². The summed E-state index contributed by atoms with van der Waals surface area (Å²) in [5.41, 5.74) is 0. The first kappa shape index (κ1) is 15.1. The molecule has 0 spiro atoms. The van der Waals surface area contributed by atoms with Gasteiger partial charge in [-0.1, -0.05) is 0 Å². The molecule has 3 unspecified atom stereocenters. The van der Waals surface area contributed by atoms with Gasteiger partial charge >= 0.3 is 12.0 Å². The number of rotatable bonds is 3. The van der Waals surface area contributed by atoms with Gasteiger partial charge in [-0.15, -0.1) is 0 Å². The minimum atomic E-state index is -0.764. The van der Waals surface area contributed by atoms with E-state index in [9.17, 15) is 14.7 Å². The zero-order valence-electron chi connectivity index (χ0n) is 11.9. The Kier molecular flexibility index (Phi) is 4.86. The molecule has 114 valence electrons. The predicted octanol–water partition coefficient (Wildman–Crippen LogP) is 1.04. The topological polar surface area (TPSA) is 89.9 Å². The molecular formula is C14H24N2O4. The number of aliphatic hydroxyl groups excluding tert-OH is 1. The number of carbonyl (C=O) groups is 2. The number of carboxylic acid groups (broad SMARTS) is 1. The van der Waals surface area contributed by atoms with Crippen LogP contribution in [0.25, 0.3) is 0 Å². The highest BCUT2D eigenvalue weighted by molar-refractivity contribution is 5.75. The van der Waals surface area contributed by atoms with E-state index in [1.165, 1.54) is 0 Å². The van der Waals surface area contributed by atoms with Crippen LogP contribution in [0.4, 0.5) is 4.79 Å². The van der Waals surface area contributed by atoms with E-state index in [0.717, 1.165) is 19.3 Å². The summed E-state index contributed by atoms with van der Waals surface area (Å²) in [7, 11) is 0. The standard InChI is InChI=1S/C14H24N2O4/c1-9(17)10-4-6-16(7-5-10)14(20)15-12-3-2-11(8-12)13(18)19/h9-12,17H,2-8H2,1H3,(H,15,20)(H,18,19). The van der Waals surface area contributed by atoms with Gasteiger partial charge in [-0.25, -0.2) is 4.79 Å². The van der Waals surface area contributed by atoms with Crippen LogP contribution in [-0.2, 0) is 4.79 Å². The van der Waals surface area contributed by atoms with E-state index >= 15 is 0 Å². The average molecular weight is 284 g/mol. The van der Waals surface area contributed by atoms with E-state index in [2.05, 4.69) is 5.32 Å². The maximum Gasteiger partial charge on any atom is 0.317 e. The highest BCUT2D eigenvalue weighted by atomic mass is 16.4. The first-order chi connectivity index (χ1) is 9.47. The molecule has 0 radical (unpaired) electrons. The van der Waals surface area contributed by atoms with Crippen molar-refractivity contribution in [1.29, 1.82) is 0 Å². The predicted molar refractivity (Wildman–Crippen MR) is 73.3 cm³/mol. The van der Waals surface area contributed by atoms with E-state index < -0.39 is 5.97 Å². The second-order valence-corrected chi connectivity index (χ2v) is 6.06. The van der Waals surface area contributed by atoms with Gasteiger partial charge < -0.3 is 20.4 Å². The minimum absolute atomic E-state index is 0.0157. The summed E-state index contributed by atoms with van der Waals surface area (Å²) in [4.78, 5) is 24.8. The van der Waals surface area contributed by atoms with Crippen LogP contribution in [0.3, 0.4) is 0 Å². The summed E-state index contributed by atoms with van der Waals surface area (Å²) in [5.74, 6) is -0.803. The fourth-order valence-corrected chi connectivity index (χ4v) is 3.19. The maximum atomic E-state index is 12.1. The number of amides is 2. The van der Waals surface area contributed by atoms with Crippen molar-refractivity contribution in [2.45, 2.75) is 51.2 Å². The van der Waals surface area contributed by atoms with E-state index in [4.69, 9.17) is 5.11 Å². The molecule has 6 nitrogen and oxygen atoms in total. The molecule has 2 amide bonds. The molecule has 0 bridgehead atoms. The first-order valence-corrected chi connectivity index (χ1v) is 7.43. The van der Waals surface area contributed by atoms with Crippen LogP contribution in [0.1, 0.15) is 39.0 Å². The SMILES string of the molecule is CC(O)C1CCN(C(=O)NC2CCC(C(=O)O)C2)CC1. The fraction of sp³-hybridized carbons (Fsp3) is 0.857. The van der Waals surface area contributed by atoms with Crippen LogP contribution < -0.4 is 5.32 Å². The fourth-order valence-electron chi connectivity index (χ4n) is 3.19. The van der Waals surface area contributed by atoms with Crippen molar-refractivity contribution < 1.29 is 19.8 Å². The summed E-state index contributed by atoms with van der Waals surface area (Å²) in [6.07, 6.45) is 3.26. The molecular weight excluding hydrogens is 260 g/mol. The highest BCUT2D eigenvalue weighted by Gasteiger charge is 2.32. The Morgan fingerprint density at radius 2 is 1.85 bits per heavy atom. The smallest absolute Gasteiger partial charge is 0.317 e. The van der Waals surface area contributed by atoms with Gasteiger partial charge in [0.25, 0.3) is 0 Å². The van der Waals surface area contributed by atoms with Crippen LogP contribution in [0, 0.1) is 11.8 Å². The number of aliphatic hydroxyl groups is 1. The Bertz CT molecular complexity index is 364. The van der Waals surface area contributed by atoms with Crippen molar-refractivity contribution in [3.63, 3.8) is 0 Å². The number of nitrogens with one attached hydrogen (secondary N) is 1. The van der Waals surface area contributed by atoms with Crippen LogP contribution in [0.15, 0.2) is 0 Å². The summed E-state index contributed by atoms with van der Waals surface area (Å²) < 4.78 is 0. The van der Waals surface area contributed by atoms with Crippen molar-refractivity contribution in [3.8, 4) is 0 Å². The summed E-state index contributed by atoms with van der Waals surface area (Å²) in [5, 5.41) is 21.4. The van der Waals surface area contributed by atoms with Crippen LogP contribution in [0.2, 0.25) is 0 Å². The van der Waals surface area contributed by atoms with Crippen LogP contribution in [-0.4, -0.2) is 52.3 Å². The van der Waals surface area contributed by atoms with Crippen molar-refractivity contribution in [2.75, 3.05) is 13.1 Å². The number of aliphatic carboxylic acids is 1. The third-order valence-corrected chi connectivity index (χ3v) is 4.62. The zero-order valence-corrected chi connectivity index (χ0v) is 11.9. The van der Waals surface area contributed by atoms with Gasteiger partial charge in [0, 0.05) is 19.1 Å². The maximum absolute atomic E-state index is 12.1. The number of nitrogens with zero attached hydrogens (tertiary/aromatic N) is 1. The van der Waals surface area contributed by atoms with E-state index in [-0.39, 0.29) is 30.0 Å². The number of carbonyl (C=O) groups excluding carboxylic acids is 1. The molecule has 3 atom stereocenters. The molecule has 6 heteroatoms. The number of urea groups is 1. The van der Waals surface area contributed by atoms with Crippen molar-refractivity contribution in [1.82, 2.24) is 10.2 Å². The Morgan fingerprint density at radius 3 is 2.35 bits per heavy atom. The van der Waals surface area contributed by atoms with E-state index in [0.29, 0.717) is 25.9 Å². The molecule has 1 saturated heterocycles. The molecule has 2 fully saturated rings. The quantitative estimate of drug-likeness (QED) is 0.722. The number of hydrogen-bond donors (Lipinski definition) is 3. The van der Waals surface area contributed by atoms with Gasteiger partial charge in [-0.05, 0) is 44.9 Å². The lowest BCUT2D eigenvalue weighted by molar-refractivity contribution is -0.141. The number of likely N-dealkylation sites (tertiary alicyclic amines) is 1. The van der Waals surface area contributed by atoms with Gasteiger partial charge in [0.1, 0.15) is 0 Å². The van der Waals surface area contributed by atoms with Gasteiger partial charge in [-0.2, -0.15) is 0 Å².